The predicted molar refractivity (Wildman–Crippen MR) is 548 cm³/mol. The van der Waals surface area contributed by atoms with E-state index in [2.05, 4.69) is 247 Å². The molecule has 22 nitrogen and oxygen atoms in total. The molecular weight excluding hydrogens is 1750 g/mol. The van der Waals surface area contributed by atoms with Crippen LogP contribution in [0, 0.1) is 11.8 Å². The summed E-state index contributed by atoms with van der Waals surface area (Å²) in [5, 5.41) is 7.01. The van der Waals surface area contributed by atoms with Crippen molar-refractivity contribution in [1.82, 2.24) is 58.5 Å². The minimum atomic E-state index is -3.23. The summed E-state index contributed by atoms with van der Waals surface area (Å²) < 4.78 is 108. The van der Waals surface area contributed by atoms with Crippen molar-refractivity contribution < 1.29 is 43.2 Å². The highest BCUT2D eigenvalue weighted by molar-refractivity contribution is 7.91. The molecule has 8 aromatic rings. The molecule has 4 aliphatic heterocycles. The average molecular weight is 1900 g/mol. The van der Waals surface area contributed by atoms with Crippen LogP contribution in [0.1, 0.15) is 171 Å². The lowest BCUT2D eigenvalue weighted by Gasteiger charge is -2.30. The van der Waals surface area contributed by atoms with E-state index in [0.717, 1.165) is 152 Å². The number of carbonyl (C=O) groups excluding carboxylic acids is 1. The SMILES string of the molecule is CCS(=O)(=O)CCc1ccc2c(c1)C(C1CCN(C)CC1)=CC2.CN(C)CCC1=CCc2ccc(CC3COC(=O)N3)cc21.CN(C)CCC1=CCc2ccc(CS(=O)(=O)N3CCCC3)cc21.CN(C)CCC1=CCc2ccc(Cn3cncn3)cc21.CN1CCC(C2=CCc3ccc(CCS(=O)(=O)c4ccccc4)cc32)CC1.CNS(=O)(=O)Cc1ccc2c(c1)C(CCN(C)C)=CC2. The first-order valence-corrected chi connectivity index (χ1v) is 54.9. The van der Waals surface area contributed by atoms with E-state index >= 15 is 0 Å². The Balaban J connectivity index is 0.000000137. The van der Waals surface area contributed by atoms with E-state index in [9.17, 15) is 38.5 Å². The number of allylic oxidation sites excluding steroid dienone is 8. The fourth-order valence-corrected chi connectivity index (χ4v) is 23.8. The molecule has 0 radical (unpaired) electrons. The molecule has 1 amide bonds. The number of hydrogen-bond donors (Lipinski definition) is 2. The Bertz CT molecular complexity index is 6040. The summed E-state index contributed by atoms with van der Waals surface area (Å²) in [5.41, 5.74) is 31.5. The maximum absolute atomic E-state index is 12.6. The number of aromatic nitrogens is 3. The summed E-state index contributed by atoms with van der Waals surface area (Å²) in [5.74, 6) is 2.13. The van der Waals surface area contributed by atoms with E-state index in [1.54, 1.807) is 48.1 Å². The van der Waals surface area contributed by atoms with Crippen LogP contribution in [0.3, 0.4) is 0 Å². The standard InChI is InChI=1S/C23H27NO2S.C19H27NO2S.C18H26N2O2S.C17H22N2O2.C16H20N4.C15H22N2O2S/c1-24-14-11-20(12-15-24)22-10-9-19-8-7-18(17-23(19)22)13-16-27(25,26)21-5-3-2-4-6-21;1-3-23(21,22)13-10-15-4-5-16-6-7-18(19(16)14-15)17-8-11-20(2)12-9-17;1-19(2)12-9-17-8-7-16-6-5-15(13-18(16)17)14-23(21,22)20-10-3-4-11-20;1-19(2)8-7-14-6-5-13-4-3-12(10-16(13)14)9-15-11-21-17(20)18-15;1-19(2)8-7-15-6-5-14-4-3-13(9-16(14)15)10-20-12-17-11-18-20;1-16-20(18,19)11-12-4-5-13-6-7-14(15(13)10-12)8-9-17(2)3/h2-8,10,17,20H,9,11-16H2,1H3;4-5,7,14,17H,3,6,8-13H2,1-2H3;5-6,8,13H,3-4,7,9-12,14H2,1-2H3;3-4,6,10,15H,5,7-9,11H2,1-2H3,(H,18,20);3-4,6,9,11-12H,5,7-8,10H2,1-2H3;4-5,7,10,16H,6,8-9,11H2,1-3H3. The first kappa shape index (κ1) is 102. The molecule has 18 rings (SSSR count). The monoisotopic (exact) mass is 1900 g/mol. The number of piperidine rings is 2. The lowest BCUT2D eigenvalue weighted by atomic mass is 9.86. The largest absolute Gasteiger partial charge is 0.447 e. The van der Waals surface area contributed by atoms with E-state index < -0.39 is 39.7 Å². The molecule has 10 aliphatic rings. The Labute approximate surface area is 800 Å². The molecule has 1 aromatic heterocycles. The van der Waals surface area contributed by atoms with Gasteiger partial charge in [0, 0.05) is 45.0 Å². The fraction of sp³-hybridized carbons (Fsp3) is 0.472. The van der Waals surface area contributed by atoms with Gasteiger partial charge in [-0.05, 0) is 389 Å². The van der Waals surface area contributed by atoms with Crippen molar-refractivity contribution in [2.24, 2.45) is 11.8 Å². The third kappa shape index (κ3) is 29.2. The molecule has 5 heterocycles. The third-order valence-electron chi connectivity index (χ3n) is 27.4. The molecule has 1 unspecified atom stereocenters. The Morgan fingerprint density at radius 1 is 0.448 bits per heavy atom. The first-order chi connectivity index (χ1) is 64.2. The summed E-state index contributed by atoms with van der Waals surface area (Å²) in [6.45, 7) is 13.2. The molecule has 6 aliphatic carbocycles. The summed E-state index contributed by atoms with van der Waals surface area (Å²) in [4.78, 5) is 29.1. The lowest BCUT2D eigenvalue weighted by Crippen LogP contribution is -2.30. The number of aryl methyl sites for hydroxylation is 2. The van der Waals surface area contributed by atoms with Crippen LogP contribution in [0.5, 0.6) is 0 Å². The average Bonchev–Trinajstić information content (AvgIpc) is 1.65. The number of nitrogens with zero attached hydrogens (tertiary/aromatic N) is 10. The van der Waals surface area contributed by atoms with Crippen molar-refractivity contribution in [3.8, 4) is 0 Å². The van der Waals surface area contributed by atoms with E-state index in [0.29, 0.717) is 49.3 Å². The van der Waals surface area contributed by atoms with Crippen molar-refractivity contribution in [1.29, 1.82) is 0 Å². The van der Waals surface area contributed by atoms with Crippen molar-refractivity contribution in [2.75, 3.05) is 167 Å². The number of carbonyl (C=O) groups is 1. The van der Waals surface area contributed by atoms with Crippen LogP contribution >= 0.6 is 0 Å². The van der Waals surface area contributed by atoms with Gasteiger partial charge in [-0.25, -0.2) is 57.2 Å². The van der Waals surface area contributed by atoms with Gasteiger partial charge in [-0.3, -0.25) is 0 Å². The van der Waals surface area contributed by atoms with Gasteiger partial charge in [-0.1, -0.05) is 165 Å². The molecule has 4 fully saturated rings. The van der Waals surface area contributed by atoms with Crippen LogP contribution < -0.4 is 10.0 Å². The number of nitrogens with one attached hydrogen (secondary N) is 2. The van der Waals surface area contributed by atoms with Crippen molar-refractivity contribution in [3.63, 3.8) is 0 Å². The first-order valence-electron chi connectivity index (χ1n) is 48.2. The predicted octanol–water partition coefficient (Wildman–Crippen LogP) is 15.5. The number of cyclic esters (lactones) is 1. The van der Waals surface area contributed by atoms with Gasteiger partial charge in [0.25, 0.3) is 0 Å². The van der Waals surface area contributed by atoms with Crippen LogP contribution in [0.25, 0.3) is 33.4 Å². The maximum atomic E-state index is 12.6. The Hall–Kier alpha value is -9.13. The number of benzene rings is 7. The Morgan fingerprint density at radius 2 is 0.836 bits per heavy atom. The number of ether oxygens (including phenoxy) is 1. The van der Waals surface area contributed by atoms with Gasteiger partial charge in [0.1, 0.15) is 29.1 Å². The number of amides is 1. The highest BCUT2D eigenvalue weighted by Crippen LogP contribution is 2.42. The second-order valence-electron chi connectivity index (χ2n) is 38.7. The number of alkyl carbamates (subject to hydrolysis) is 1. The zero-order chi connectivity index (χ0) is 95.3. The van der Waals surface area contributed by atoms with Gasteiger partial charge >= 0.3 is 6.09 Å². The van der Waals surface area contributed by atoms with Gasteiger partial charge in [-0.15, -0.1) is 0 Å². The smallest absolute Gasteiger partial charge is 0.407 e. The lowest BCUT2D eigenvalue weighted by molar-refractivity contribution is 0.176. The third-order valence-corrected chi connectivity index (χ3v) is 34.1. The fourth-order valence-electron chi connectivity index (χ4n) is 19.3. The zero-order valence-corrected chi connectivity index (χ0v) is 84.5. The summed E-state index contributed by atoms with van der Waals surface area (Å²) in [6, 6.07) is 47.6. The molecule has 4 saturated heterocycles. The van der Waals surface area contributed by atoms with E-state index in [-0.39, 0.29) is 40.9 Å². The highest BCUT2D eigenvalue weighted by atomic mass is 32.2. The van der Waals surface area contributed by atoms with E-state index in [1.807, 2.05) is 28.9 Å². The number of rotatable bonds is 32. The molecular formula is C108H144N12O10S4. The van der Waals surface area contributed by atoms with Gasteiger partial charge < -0.3 is 39.5 Å². The molecule has 720 valence electrons. The highest BCUT2D eigenvalue weighted by Gasteiger charge is 2.32. The van der Waals surface area contributed by atoms with Gasteiger partial charge in [0.2, 0.25) is 20.0 Å². The Morgan fingerprint density at radius 3 is 1.25 bits per heavy atom. The van der Waals surface area contributed by atoms with Crippen LogP contribution in [0.4, 0.5) is 4.79 Å². The maximum Gasteiger partial charge on any atom is 0.407 e. The summed E-state index contributed by atoms with van der Waals surface area (Å²) in [7, 11) is 10.1. The van der Waals surface area contributed by atoms with E-state index in [1.165, 1.54) is 157 Å². The van der Waals surface area contributed by atoms with Crippen LogP contribution in [-0.2, 0) is 120 Å². The number of sulfone groups is 2. The minimum Gasteiger partial charge on any atom is -0.447 e. The number of hydrogen-bond acceptors (Lipinski definition) is 18. The second kappa shape index (κ2) is 47.8. The molecule has 0 bridgehead atoms. The summed E-state index contributed by atoms with van der Waals surface area (Å²) >= 11 is 0. The molecule has 7 aromatic carbocycles. The number of sulfonamides is 2. The molecule has 0 saturated carbocycles. The van der Waals surface area contributed by atoms with Crippen molar-refractivity contribution in [3.05, 3.63) is 289 Å². The molecule has 0 spiro atoms. The van der Waals surface area contributed by atoms with Gasteiger partial charge in [0.05, 0.1) is 40.5 Å². The van der Waals surface area contributed by atoms with Gasteiger partial charge in [0.15, 0.2) is 9.84 Å². The number of likely N-dealkylation sites (tertiary alicyclic amines) is 2. The molecule has 26 heteroatoms. The normalized spacial score (nSPS) is 17.6. The van der Waals surface area contributed by atoms with Crippen LogP contribution in [0.2, 0.25) is 0 Å². The summed E-state index contributed by atoms with van der Waals surface area (Å²) in [6.07, 6.45) is 36.3. The van der Waals surface area contributed by atoms with Crippen molar-refractivity contribution >= 4 is 79.3 Å². The minimum absolute atomic E-state index is 0.0394. The number of fused-ring (bicyclic) bond motifs is 6. The van der Waals surface area contributed by atoms with Gasteiger partial charge in [-0.2, -0.15) is 5.10 Å². The quantitative estimate of drug-likeness (QED) is 0.0398. The Kier molecular flexibility index (Phi) is 36.5. The topological polar surface area (TPSA) is 240 Å². The zero-order valence-electron chi connectivity index (χ0n) is 81.3. The van der Waals surface area contributed by atoms with Crippen LogP contribution in [0.15, 0.2) is 194 Å². The molecule has 2 N–H and O–H groups in total. The molecule has 134 heavy (non-hydrogen) atoms. The van der Waals surface area contributed by atoms with Crippen LogP contribution in [-0.4, -0.2) is 261 Å². The molecule has 1 atom stereocenters. The van der Waals surface area contributed by atoms with E-state index in [4.69, 9.17) is 4.74 Å². The van der Waals surface area contributed by atoms with Crippen molar-refractivity contribution in [2.45, 2.75) is 158 Å². The second-order valence-corrected chi connectivity index (χ2v) is 47.2.